The van der Waals surface area contributed by atoms with E-state index in [0.717, 1.165) is 18.0 Å². The smallest absolute Gasteiger partial charge is 0.196 e. The molecule has 21 heavy (non-hydrogen) atoms. The van der Waals surface area contributed by atoms with Crippen molar-refractivity contribution in [2.75, 3.05) is 18.6 Å². The number of rotatable bonds is 3. The van der Waals surface area contributed by atoms with E-state index < -0.39 is 0 Å². The minimum Gasteiger partial charge on any atom is -0.497 e. The van der Waals surface area contributed by atoms with Crippen LogP contribution in [-0.4, -0.2) is 25.2 Å². The molecule has 0 radical (unpaired) electrons. The maximum absolute atomic E-state index is 6.26. The molecule has 114 valence electrons. The van der Waals surface area contributed by atoms with E-state index in [0.29, 0.717) is 11.9 Å². The predicted octanol–water partition coefficient (Wildman–Crippen LogP) is 3.17. The van der Waals surface area contributed by atoms with Crippen LogP contribution in [0.15, 0.2) is 29.3 Å². The Balaban J connectivity index is 2.01. The maximum atomic E-state index is 6.26. The molecule has 2 unspecified atom stereocenters. The SMILES string of the molecule is CCC1CCCCC12CN=C(N)N2c1cccc(OC)c1. The number of guanidine groups is 1. The maximum Gasteiger partial charge on any atom is 0.196 e. The van der Waals surface area contributed by atoms with Crippen molar-refractivity contribution in [2.45, 2.75) is 44.6 Å². The second-order valence-corrected chi connectivity index (χ2v) is 6.17. The quantitative estimate of drug-likeness (QED) is 0.929. The predicted molar refractivity (Wildman–Crippen MR) is 86.9 cm³/mol. The van der Waals surface area contributed by atoms with Gasteiger partial charge < -0.3 is 15.4 Å². The summed E-state index contributed by atoms with van der Waals surface area (Å²) < 4.78 is 5.37. The van der Waals surface area contributed by atoms with Crippen molar-refractivity contribution in [1.29, 1.82) is 0 Å². The third kappa shape index (κ3) is 2.27. The summed E-state index contributed by atoms with van der Waals surface area (Å²) in [6.45, 7) is 3.12. The fourth-order valence-electron chi connectivity index (χ4n) is 4.11. The monoisotopic (exact) mass is 287 g/mol. The lowest BCUT2D eigenvalue weighted by molar-refractivity contribution is 0.201. The minimum atomic E-state index is 0.0729. The number of hydrogen-bond donors (Lipinski definition) is 1. The highest BCUT2D eigenvalue weighted by Gasteiger charge is 2.49. The van der Waals surface area contributed by atoms with Gasteiger partial charge in [0.15, 0.2) is 5.96 Å². The Labute approximate surface area is 127 Å². The van der Waals surface area contributed by atoms with Crippen LogP contribution in [-0.2, 0) is 0 Å². The van der Waals surface area contributed by atoms with Gasteiger partial charge >= 0.3 is 0 Å². The van der Waals surface area contributed by atoms with E-state index in [1.165, 1.54) is 32.1 Å². The first-order valence-corrected chi connectivity index (χ1v) is 7.95. The first kappa shape index (κ1) is 14.2. The van der Waals surface area contributed by atoms with Crippen LogP contribution in [0.1, 0.15) is 39.0 Å². The third-order valence-corrected chi connectivity index (χ3v) is 5.17. The zero-order valence-electron chi connectivity index (χ0n) is 13.0. The molecule has 1 aliphatic carbocycles. The van der Waals surface area contributed by atoms with Crippen LogP contribution in [0.5, 0.6) is 5.75 Å². The van der Waals surface area contributed by atoms with Crippen LogP contribution in [0.25, 0.3) is 0 Å². The molecule has 3 rings (SSSR count). The van der Waals surface area contributed by atoms with Crippen molar-refractivity contribution < 1.29 is 4.74 Å². The molecule has 2 atom stereocenters. The van der Waals surface area contributed by atoms with Gasteiger partial charge in [0.2, 0.25) is 0 Å². The Hall–Kier alpha value is -1.71. The van der Waals surface area contributed by atoms with Gasteiger partial charge in [0.05, 0.1) is 19.2 Å². The molecule has 4 heteroatoms. The molecule has 1 heterocycles. The molecule has 1 aliphatic heterocycles. The second kappa shape index (κ2) is 5.58. The number of aliphatic imine (C=N–C) groups is 1. The Kier molecular flexibility index (Phi) is 3.79. The minimum absolute atomic E-state index is 0.0729. The Bertz CT molecular complexity index is 543. The molecule has 0 amide bonds. The highest BCUT2D eigenvalue weighted by Crippen LogP contribution is 2.45. The van der Waals surface area contributed by atoms with Gasteiger partial charge in [-0.05, 0) is 30.9 Å². The fourth-order valence-corrected chi connectivity index (χ4v) is 4.11. The standard InChI is InChI=1S/C17H25N3O/c1-3-13-7-4-5-10-17(13)12-19-16(18)20(17)14-8-6-9-15(11-14)21-2/h6,8-9,11,13H,3-5,7,10,12H2,1-2H3,(H2,18,19). The molecule has 2 N–H and O–H groups in total. The topological polar surface area (TPSA) is 50.8 Å². The molecular formula is C17H25N3O. The summed E-state index contributed by atoms with van der Waals surface area (Å²) in [7, 11) is 1.70. The summed E-state index contributed by atoms with van der Waals surface area (Å²) in [6.07, 6.45) is 6.22. The lowest BCUT2D eigenvalue weighted by Crippen LogP contribution is -2.57. The van der Waals surface area contributed by atoms with Crippen molar-refractivity contribution in [1.82, 2.24) is 0 Å². The van der Waals surface area contributed by atoms with E-state index in [4.69, 9.17) is 10.5 Å². The average molecular weight is 287 g/mol. The van der Waals surface area contributed by atoms with Crippen molar-refractivity contribution >= 4 is 11.6 Å². The van der Waals surface area contributed by atoms with Crippen LogP contribution in [0.4, 0.5) is 5.69 Å². The highest BCUT2D eigenvalue weighted by atomic mass is 16.5. The van der Waals surface area contributed by atoms with Gasteiger partial charge in [-0.3, -0.25) is 4.99 Å². The van der Waals surface area contributed by atoms with E-state index in [2.05, 4.69) is 28.9 Å². The molecule has 1 fully saturated rings. The Morgan fingerprint density at radius 2 is 2.29 bits per heavy atom. The van der Waals surface area contributed by atoms with E-state index in [9.17, 15) is 0 Å². The first-order valence-electron chi connectivity index (χ1n) is 7.95. The molecule has 0 saturated heterocycles. The fraction of sp³-hybridized carbons (Fsp3) is 0.588. The zero-order chi connectivity index (χ0) is 14.9. The summed E-state index contributed by atoms with van der Waals surface area (Å²) in [5.74, 6) is 2.18. The van der Waals surface area contributed by atoms with Gasteiger partial charge in [-0.2, -0.15) is 0 Å². The lowest BCUT2D eigenvalue weighted by Gasteiger charge is -2.47. The normalized spacial score (nSPS) is 28.8. The van der Waals surface area contributed by atoms with Crippen LogP contribution in [0, 0.1) is 5.92 Å². The number of benzene rings is 1. The molecule has 1 aromatic rings. The largest absolute Gasteiger partial charge is 0.497 e. The number of nitrogens with zero attached hydrogens (tertiary/aromatic N) is 2. The number of hydrogen-bond acceptors (Lipinski definition) is 4. The van der Waals surface area contributed by atoms with Gasteiger partial charge in [-0.15, -0.1) is 0 Å². The second-order valence-electron chi connectivity index (χ2n) is 6.17. The van der Waals surface area contributed by atoms with Crippen molar-refractivity contribution in [2.24, 2.45) is 16.6 Å². The first-order chi connectivity index (χ1) is 10.2. The molecule has 0 aromatic heterocycles. The number of ether oxygens (including phenoxy) is 1. The van der Waals surface area contributed by atoms with Gasteiger partial charge in [-0.25, -0.2) is 0 Å². The van der Waals surface area contributed by atoms with Crippen molar-refractivity contribution in [3.8, 4) is 5.75 Å². The molecule has 1 aromatic carbocycles. The molecule has 1 saturated carbocycles. The molecule has 1 spiro atoms. The average Bonchev–Trinajstić information content (AvgIpc) is 2.85. The van der Waals surface area contributed by atoms with Gasteiger partial charge in [0.1, 0.15) is 5.75 Å². The van der Waals surface area contributed by atoms with E-state index in [-0.39, 0.29) is 5.54 Å². The van der Waals surface area contributed by atoms with Crippen LogP contribution in [0.2, 0.25) is 0 Å². The van der Waals surface area contributed by atoms with Crippen LogP contribution in [0.3, 0.4) is 0 Å². The number of nitrogens with two attached hydrogens (primary N) is 1. The summed E-state index contributed by atoms with van der Waals surface area (Å²) in [5.41, 5.74) is 7.44. The van der Waals surface area contributed by atoms with Gasteiger partial charge in [-0.1, -0.05) is 32.3 Å². The van der Waals surface area contributed by atoms with E-state index >= 15 is 0 Å². The van der Waals surface area contributed by atoms with Crippen molar-refractivity contribution in [3.63, 3.8) is 0 Å². The molecule has 2 aliphatic rings. The molecular weight excluding hydrogens is 262 g/mol. The number of methoxy groups -OCH3 is 1. The lowest BCUT2D eigenvalue weighted by atomic mass is 9.70. The Morgan fingerprint density at radius 1 is 1.43 bits per heavy atom. The highest BCUT2D eigenvalue weighted by molar-refractivity contribution is 5.98. The Morgan fingerprint density at radius 3 is 3.05 bits per heavy atom. The van der Waals surface area contributed by atoms with Crippen LogP contribution >= 0.6 is 0 Å². The number of anilines is 1. The zero-order valence-corrected chi connectivity index (χ0v) is 13.0. The summed E-state index contributed by atoms with van der Waals surface area (Å²) >= 11 is 0. The molecule has 0 bridgehead atoms. The van der Waals surface area contributed by atoms with E-state index in [1.54, 1.807) is 7.11 Å². The third-order valence-electron chi connectivity index (χ3n) is 5.17. The summed E-state index contributed by atoms with van der Waals surface area (Å²) in [6, 6.07) is 8.17. The van der Waals surface area contributed by atoms with Gasteiger partial charge in [0.25, 0.3) is 0 Å². The van der Waals surface area contributed by atoms with Crippen LogP contribution < -0.4 is 15.4 Å². The van der Waals surface area contributed by atoms with E-state index in [1.807, 2.05) is 12.1 Å². The summed E-state index contributed by atoms with van der Waals surface area (Å²) in [5, 5.41) is 0. The summed E-state index contributed by atoms with van der Waals surface area (Å²) in [4.78, 5) is 6.88. The van der Waals surface area contributed by atoms with Crippen molar-refractivity contribution in [3.05, 3.63) is 24.3 Å². The van der Waals surface area contributed by atoms with Gasteiger partial charge in [0, 0.05) is 11.8 Å². The molecule has 4 nitrogen and oxygen atoms in total.